The fraction of sp³-hybridized carbons (Fsp3) is 0.700. The number of nitrogens with one attached hydrogen (secondary N) is 3. The molecule has 0 rings (SSSR count). The van der Waals surface area contributed by atoms with Crippen LogP contribution in [0.1, 0.15) is 6.42 Å². The van der Waals surface area contributed by atoms with Crippen molar-refractivity contribution in [1.82, 2.24) is 20.9 Å². The van der Waals surface area contributed by atoms with E-state index in [-0.39, 0.29) is 0 Å². The lowest BCUT2D eigenvalue weighted by Crippen LogP contribution is -2.37. The minimum Gasteiger partial charge on any atom is -0.359 e. The molecular formula is C10H20N4O3. The maximum absolute atomic E-state index is 10.1. The lowest BCUT2D eigenvalue weighted by atomic mass is 10.3. The van der Waals surface area contributed by atoms with Gasteiger partial charge in [-0.25, -0.2) is 0 Å². The van der Waals surface area contributed by atoms with Crippen molar-refractivity contribution in [3.63, 3.8) is 0 Å². The van der Waals surface area contributed by atoms with Crippen molar-refractivity contribution >= 4 is 19.2 Å². The van der Waals surface area contributed by atoms with E-state index < -0.39 is 0 Å². The second-order valence-corrected chi connectivity index (χ2v) is 3.41. The minimum absolute atomic E-state index is 0.575. The van der Waals surface area contributed by atoms with Gasteiger partial charge in [0.25, 0.3) is 0 Å². The molecule has 0 radical (unpaired) electrons. The minimum atomic E-state index is 0.575. The van der Waals surface area contributed by atoms with Gasteiger partial charge in [-0.05, 0) is 13.0 Å². The Balaban J connectivity index is 3.70. The summed E-state index contributed by atoms with van der Waals surface area (Å²) in [5.41, 5.74) is 0. The first-order chi connectivity index (χ1) is 8.35. The fourth-order valence-electron chi connectivity index (χ4n) is 1.36. The van der Waals surface area contributed by atoms with Gasteiger partial charge in [0.1, 0.15) is 0 Å². The first-order valence-electron chi connectivity index (χ1n) is 5.58. The fourth-order valence-corrected chi connectivity index (χ4v) is 1.36. The van der Waals surface area contributed by atoms with E-state index in [0.717, 1.165) is 26.1 Å². The highest BCUT2D eigenvalue weighted by atomic mass is 16.1. The highest BCUT2D eigenvalue weighted by Crippen LogP contribution is 1.89. The molecule has 3 N–H and O–H groups in total. The third-order valence-electron chi connectivity index (χ3n) is 2.19. The maximum Gasteiger partial charge on any atom is 0.207 e. The molecule has 0 aliphatic rings. The van der Waals surface area contributed by atoms with Crippen LogP contribution in [0.2, 0.25) is 0 Å². The number of rotatable bonds is 13. The van der Waals surface area contributed by atoms with Gasteiger partial charge >= 0.3 is 0 Å². The van der Waals surface area contributed by atoms with Gasteiger partial charge in [-0.15, -0.1) is 0 Å². The van der Waals surface area contributed by atoms with E-state index in [9.17, 15) is 14.4 Å². The van der Waals surface area contributed by atoms with E-state index in [2.05, 4.69) is 20.9 Å². The smallest absolute Gasteiger partial charge is 0.207 e. The Morgan fingerprint density at radius 1 is 0.706 bits per heavy atom. The van der Waals surface area contributed by atoms with Gasteiger partial charge in [0.2, 0.25) is 19.2 Å². The first-order valence-corrected chi connectivity index (χ1v) is 5.58. The van der Waals surface area contributed by atoms with Crippen molar-refractivity contribution in [1.29, 1.82) is 0 Å². The van der Waals surface area contributed by atoms with Crippen LogP contribution < -0.4 is 16.0 Å². The molecule has 0 fully saturated rings. The molecule has 0 saturated carbocycles. The molecule has 0 aliphatic heterocycles. The summed E-state index contributed by atoms with van der Waals surface area (Å²) >= 11 is 0. The van der Waals surface area contributed by atoms with Crippen LogP contribution in [0.25, 0.3) is 0 Å². The summed E-state index contributed by atoms with van der Waals surface area (Å²) < 4.78 is 0. The van der Waals surface area contributed by atoms with Crippen LogP contribution in [-0.2, 0) is 14.4 Å². The number of hydrogen-bond donors (Lipinski definition) is 3. The zero-order valence-corrected chi connectivity index (χ0v) is 9.85. The summed E-state index contributed by atoms with van der Waals surface area (Å²) in [7, 11) is 0. The topological polar surface area (TPSA) is 90.5 Å². The van der Waals surface area contributed by atoms with Gasteiger partial charge in [-0.1, -0.05) is 0 Å². The molecule has 0 spiro atoms. The molecule has 0 aromatic carbocycles. The Bertz CT molecular complexity index is 200. The first kappa shape index (κ1) is 15.4. The average Bonchev–Trinajstić information content (AvgIpc) is 2.34. The maximum atomic E-state index is 10.1. The molecular weight excluding hydrogens is 224 g/mol. The van der Waals surface area contributed by atoms with Crippen molar-refractivity contribution in [2.75, 3.05) is 39.3 Å². The zero-order chi connectivity index (χ0) is 12.8. The second-order valence-electron chi connectivity index (χ2n) is 3.41. The van der Waals surface area contributed by atoms with Crippen LogP contribution in [0.3, 0.4) is 0 Å². The van der Waals surface area contributed by atoms with E-state index in [1.807, 2.05) is 0 Å². The summed E-state index contributed by atoms with van der Waals surface area (Å²) in [6.45, 7) is 4.03. The Labute approximate surface area is 101 Å². The molecule has 7 heteroatoms. The van der Waals surface area contributed by atoms with Crippen LogP contribution in [0.15, 0.2) is 0 Å². The molecule has 7 nitrogen and oxygen atoms in total. The molecule has 0 aromatic heterocycles. The third-order valence-corrected chi connectivity index (χ3v) is 2.19. The molecule has 0 atom stereocenters. The molecule has 0 heterocycles. The van der Waals surface area contributed by atoms with E-state index in [1.165, 1.54) is 0 Å². The quantitative estimate of drug-likeness (QED) is 0.256. The van der Waals surface area contributed by atoms with Gasteiger partial charge in [-0.2, -0.15) is 0 Å². The SMILES string of the molecule is O=CNCCCN(CCNC=O)CCNC=O. The monoisotopic (exact) mass is 244 g/mol. The highest BCUT2D eigenvalue weighted by Gasteiger charge is 2.03. The van der Waals surface area contributed by atoms with Crippen LogP contribution in [0.5, 0.6) is 0 Å². The standard InChI is InChI=1S/C10H20N4O3/c15-8-11-2-1-5-14(6-3-12-9-16)7-4-13-10-17/h8-10H,1-7H2,(H,11,15)(H,12,16)(H,13,17). The van der Waals surface area contributed by atoms with Crippen LogP contribution in [-0.4, -0.2) is 63.4 Å². The summed E-state index contributed by atoms with van der Waals surface area (Å²) in [4.78, 5) is 32.4. The Morgan fingerprint density at radius 3 is 1.65 bits per heavy atom. The molecule has 0 saturated heterocycles. The molecule has 3 amide bonds. The predicted octanol–water partition coefficient (Wildman–Crippen LogP) is -2.08. The van der Waals surface area contributed by atoms with Crippen LogP contribution in [0, 0.1) is 0 Å². The van der Waals surface area contributed by atoms with Gasteiger partial charge in [0, 0.05) is 32.7 Å². The Hall–Kier alpha value is -1.63. The van der Waals surface area contributed by atoms with Crippen molar-refractivity contribution in [3.05, 3.63) is 0 Å². The van der Waals surface area contributed by atoms with Gasteiger partial charge in [-0.3, -0.25) is 19.3 Å². The number of carbonyl (C=O) groups excluding carboxylic acids is 3. The Morgan fingerprint density at radius 2 is 1.18 bits per heavy atom. The van der Waals surface area contributed by atoms with Crippen molar-refractivity contribution in [2.45, 2.75) is 6.42 Å². The van der Waals surface area contributed by atoms with Gasteiger partial charge in [0.05, 0.1) is 0 Å². The number of amides is 3. The molecule has 98 valence electrons. The van der Waals surface area contributed by atoms with Crippen molar-refractivity contribution < 1.29 is 14.4 Å². The Kier molecular flexibility index (Phi) is 11.2. The molecule has 0 aromatic rings. The molecule has 0 unspecified atom stereocenters. The van der Waals surface area contributed by atoms with Crippen LogP contribution in [0.4, 0.5) is 0 Å². The van der Waals surface area contributed by atoms with Gasteiger partial charge < -0.3 is 16.0 Å². The molecule has 0 bridgehead atoms. The number of nitrogens with zero attached hydrogens (tertiary/aromatic N) is 1. The highest BCUT2D eigenvalue weighted by molar-refractivity contribution is 5.46. The summed E-state index contributed by atoms with van der Waals surface area (Å²) in [5.74, 6) is 0. The lowest BCUT2D eigenvalue weighted by molar-refractivity contribution is -0.110. The summed E-state index contributed by atoms with van der Waals surface area (Å²) in [6, 6.07) is 0. The second kappa shape index (κ2) is 12.4. The lowest BCUT2D eigenvalue weighted by Gasteiger charge is -2.21. The average molecular weight is 244 g/mol. The number of carbonyl (C=O) groups is 3. The summed E-state index contributed by atoms with van der Waals surface area (Å²) in [6.07, 6.45) is 2.83. The molecule has 0 aliphatic carbocycles. The van der Waals surface area contributed by atoms with E-state index in [4.69, 9.17) is 0 Å². The third kappa shape index (κ3) is 10.6. The number of hydrogen-bond acceptors (Lipinski definition) is 4. The largest absolute Gasteiger partial charge is 0.359 e. The van der Waals surface area contributed by atoms with Gasteiger partial charge in [0.15, 0.2) is 0 Å². The van der Waals surface area contributed by atoms with E-state index in [0.29, 0.717) is 38.9 Å². The molecule has 17 heavy (non-hydrogen) atoms. The van der Waals surface area contributed by atoms with Crippen molar-refractivity contribution in [2.24, 2.45) is 0 Å². The summed E-state index contributed by atoms with van der Waals surface area (Å²) in [5, 5.41) is 7.76. The zero-order valence-electron chi connectivity index (χ0n) is 9.85. The van der Waals surface area contributed by atoms with Crippen LogP contribution >= 0.6 is 0 Å². The van der Waals surface area contributed by atoms with E-state index in [1.54, 1.807) is 0 Å². The van der Waals surface area contributed by atoms with E-state index >= 15 is 0 Å². The normalized spacial score (nSPS) is 9.71. The van der Waals surface area contributed by atoms with Crippen molar-refractivity contribution in [3.8, 4) is 0 Å². The predicted molar refractivity (Wildman–Crippen MR) is 63.3 cm³/mol.